The predicted octanol–water partition coefficient (Wildman–Crippen LogP) is 3.39. The lowest BCUT2D eigenvalue weighted by Crippen LogP contribution is -2.32. The van der Waals surface area contributed by atoms with Gasteiger partial charge in [0.05, 0.1) is 21.6 Å². The Morgan fingerprint density at radius 1 is 0.973 bits per heavy atom. The number of nitrogens with zero attached hydrogens (tertiary/aromatic N) is 4. The Balaban J connectivity index is 1.81. The zero-order valence-corrected chi connectivity index (χ0v) is 20.8. The van der Waals surface area contributed by atoms with Crippen molar-refractivity contribution in [3.63, 3.8) is 0 Å². The third-order valence-corrected chi connectivity index (χ3v) is 6.92. The molecule has 0 atom stereocenters. The van der Waals surface area contributed by atoms with Crippen LogP contribution in [-0.4, -0.2) is 20.3 Å². The standard InChI is InChI=1S/C28H18ClN5O2S/c29-20-11-13-22(14-12-20)34-27(36)24(37-28(34)23(16-30)26(31)35)15-19-17-33(21-9-5-2-6-10-21)32-25(19)18-7-3-1-4-8-18/h1-15,17H,(H2,31,35). The molecule has 0 unspecified atom stereocenters. The summed E-state index contributed by atoms with van der Waals surface area (Å²) in [5.74, 6) is -0.917. The van der Waals surface area contributed by atoms with Crippen LogP contribution in [0.25, 0.3) is 34.3 Å². The number of hydrogen-bond acceptors (Lipinski definition) is 5. The number of benzene rings is 3. The molecule has 2 N–H and O–H groups in total. The minimum absolute atomic E-state index is 0.144. The summed E-state index contributed by atoms with van der Waals surface area (Å²) in [5.41, 5.74) is 8.34. The van der Waals surface area contributed by atoms with Crippen LogP contribution in [0.15, 0.2) is 95.9 Å². The van der Waals surface area contributed by atoms with Crippen LogP contribution in [0.5, 0.6) is 0 Å². The van der Waals surface area contributed by atoms with E-state index in [9.17, 15) is 14.9 Å². The first kappa shape index (κ1) is 24.0. The van der Waals surface area contributed by atoms with Crippen molar-refractivity contribution in [2.45, 2.75) is 0 Å². The van der Waals surface area contributed by atoms with Crippen molar-refractivity contribution < 1.29 is 4.79 Å². The molecule has 1 amide bonds. The zero-order valence-electron chi connectivity index (χ0n) is 19.2. The Morgan fingerprint density at radius 2 is 1.62 bits per heavy atom. The molecule has 3 aromatic carbocycles. The van der Waals surface area contributed by atoms with E-state index in [-0.39, 0.29) is 10.2 Å². The van der Waals surface area contributed by atoms with Gasteiger partial charge in [-0.3, -0.25) is 14.2 Å². The molecule has 0 fully saturated rings. The van der Waals surface area contributed by atoms with Gasteiger partial charge >= 0.3 is 0 Å². The summed E-state index contributed by atoms with van der Waals surface area (Å²) in [6.07, 6.45) is 3.56. The number of nitriles is 1. The number of carbonyl (C=O) groups excluding carboxylic acids is 1. The molecular formula is C28H18ClN5O2S. The molecule has 0 aliphatic rings. The monoisotopic (exact) mass is 523 g/mol. The Morgan fingerprint density at radius 3 is 2.24 bits per heavy atom. The summed E-state index contributed by atoms with van der Waals surface area (Å²) in [6.45, 7) is 0. The van der Waals surface area contributed by atoms with Crippen LogP contribution in [0, 0.1) is 11.3 Å². The molecule has 180 valence electrons. The van der Waals surface area contributed by atoms with E-state index in [1.54, 1.807) is 35.0 Å². The number of primary amides is 1. The molecule has 0 saturated carbocycles. The molecule has 2 aromatic heterocycles. The van der Waals surface area contributed by atoms with Gasteiger partial charge in [-0.15, -0.1) is 11.3 Å². The number of thiazole rings is 1. The van der Waals surface area contributed by atoms with Gasteiger partial charge < -0.3 is 5.73 Å². The van der Waals surface area contributed by atoms with Crippen molar-refractivity contribution in [2.24, 2.45) is 5.73 Å². The number of amides is 1. The number of carbonyl (C=O) groups is 1. The van der Waals surface area contributed by atoms with E-state index in [1.165, 1.54) is 4.57 Å². The molecule has 0 bridgehead atoms. The van der Waals surface area contributed by atoms with Crippen molar-refractivity contribution >= 4 is 40.5 Å². The topological polar surface area (TPSA) is 107 Å². The molecule has 37 heavy (non-hydrogen) atoms. The summed E-state index contributed by atoms with van der Waals surface area (Å²) >= 11 is 7.04. The fraction of sp³-hybridized carbons (Fsp3) is 0. The first-order valence-corrected chi connectivity index (χ1v) is 12.3. The number of para-hydroxylation sites is 1. The van der Waals surface area contributed by atoms with Crippen LogP contribution in [-0.2, 0) is 4.79 Å². The lowest BCUT2D eigenvalue weighted by atomic mass is 10.1. The van der Waals surface area contributed by atoms with Crippen LogP contribution in [0.4, 0.5) is 0 Å². The average molecular weight is 524 g/mol. The molecule has 0 saturated heterocycles. The first-order valence-electron chi connectivity index (χ1n) is 11.1. The fourth-order valence-corrected chi connectivity index (χ4v) is 5.08. The molecule has 2 heterocycles. The normalized spacial score (nSPS) is 12.3. The lowest BCUT2D eigenvalue weighted by Gasteiger charge is -2.02. The maximum atomic E-state index is 13.7. The zero-order chi connectivity index (χ0) is 25.9. The van der Waals surface area contributed by atoms with Gasteiger partial charge in [0.2, 0.25) is 0 Å². The summed E-state index contributed by atoms with van der Waals surface area (Å²) < 4.78 is 3.50. The van der Waals surface area contributed by atoms with Gasteiger partial charge in [0.15, 0.2) is 5.57 Å². The maximum absolute atomic E-state index is 13.7. The van der Waals surface area contributed by atoms with Crippen molar-refractivity contribution in [1.29, 1.82) is 5.26 Å². The predicted molar refractivity (Wildman–Crippen MR) is 145 cm³/mol. The quantitative estimate of drug-likeness (QED) is 0.381. The Bertz CT molecular complexity index is 1830. The Kier molecular flexibility index (Phi) is 6.56. The second-order valence-electron chi connectivity index (χ2n) is 7.96. The van der Waals surface area contributed by atoms with Crippen LogP contribution >= 0.6 is 22.9 Å². The molecule has 9 heteroatoms. The van der Waals surface area contributed by atoms with Gasteiger partial charge in [0.25, 0.3) is 11.5 Å². The van der Waals surface area contributed by atoms with Gasteiger partial charge in [0.1, 0.15) is 10.7 Å². The largest absolute Gasteiger partial charge is 0.365 e. The van der Waals surface area contributed by atoms with Gasteiger partial charge in [-0.1, -0.05) is 60.1 Å². The second-order valence-corrected chi connectivity index (χ2v) is 9.43. The van der Waals surface area contributed by atoms with Crippen LogP contribution < -0.4 is 20.5 Å². The Labute approximate surface area is 220 Å². The number of rotatable bonds is 5. The molecule has 0 aliphatic carbocycles. The van der Waals surface area contributed by atoms with Gasteiger partial charge in [-0.05, 0) is 42.5 Å². The van der Waals surface area contributed by atoms with Crippen molar-refractivity contribution in [3.8, 4) is 28.7 Å². The SMILES string of the molecule is N#CC(C(N)=O)=c1sc(=Cc2cn(-c3ccccc3)nc2-c2ccccc2)c(=O)n1-c1ccc(Cl)cc1. The number of nitrogens with two attached hydrogens (primary N) is 1. The number of halogens is 1. The van der Waals surface area contributed by atoms with Gasteiger partial charge in [0, 0.05) is 22.3 Å². The van der Waals surface area contributed by atoms with Crippen molar-refractivity contribution in [1.82, 2.24) is 14.3 Å². The van der Waals surface area contributed by atoms with E-state index < -0.39 is 11.5 Å². The van der Waals surface area contributed by atoms with Crippen LogP contribution in [0.2, 0.25) is 5.02 Å². The van der Waals surface area contributed by atoms with Crippen molar-refractivity contribution in [2.75, 3.05) is 0 Å². The minimum Gasteiger partial charge on any atom is -0.365 e. The van der Waals surface area contributed by atoms with Gasteiger partial charge in [-0.25, -0.2) is 4.68 Å². The summed E-state index contributed by atoms with van der Waals surface area (Å²) in [5, 5.41) is 14.9. The number of hydrogen-bond donors (Lipinski definition) is 1. The summed E-state index contributed by atoms with van der Waals surface area (Å²) in [4.78, 5) is 25.7. The van der Waals surface area contributed by atoms with Crippen molar-refractivity contribution in [3.05, 3.63) is 121 Å². The van der Waals surface area contributed by atoms with E-state index in [0.717, 1.165) is 22.6 Å². The highest BCUT2D eigenvalue weighted by Crippen LogP contribution is 2.24. The maximum Gasteiger partial charge on any atom is 0.273 e. The van der Waals surface area contributed by atoms with E-state index in [2.05, 4.69) is 0 Å². The lowest BCUT2D eigenvalue weighted by molar-refractivity contribution is -0.112. The molecule has 0 radical (unpaired) electrons. The highest BCUT2D eigenvalue weighted by Gasteiger charge is 2.16. The van der Waals surface area contributed by atoms with Crippen LogP contribution in [0.3, 0.4) is 0 Å². The van der Waals surface area contributed by atoms with Crippen LogP contribution in [0.1, 0.15) is 5.56 Å². The summed E-state index contributed by atoms with van der Waals surface area (Å²) in [7, 11) is 0. The number of aromatic nitrogens is 3. The van der Waals surface area contributed by atoms with E-state index in [0.29, 0.717) is 26.5 Å². The van der Waals surface area contributed by atoms with E-state index in [1.807, 2.05) is 72.9 Å². The molecule has 0 spiro atoms. The van der Waals surface area contributed by atoms with E-state index >= 15 is 0 Å². The Hall–Kier alpha value is -4.71. The molecule has 0 aliphatic heterocycles. The average Bonchev–Trinajstić information content (AvgIpc) is 3.47. The van der Waals surface area contributed by atoms with E-state index in [4.69, 9.17) is 22.4 Å². The molecule has 7 nitrogen and oxygen atoms in total. The highest BCUT2D eigenvalue weighted by molar-refractivity contribution is 7.07. The van der Waals surface area contributed by atoms with Gasteiger partial charge in [-0.2, -0.15) is 10.4 Å². The third-order valence-electron chi connectivity index (χ3n) is 5.58. The molecule has 5 aromatic rings. The molecule has 5 rings (SSSR count). The first-order chi connectivity index (χ1) is 18.0. The fourth-order valence-electron chi connectivity index (χ4n) is 3.85. The highest BCUT2D eigenvalue weighted by atomic mass is 35.5. The molecular weight excluding hydrogens is 506 g/mol. The third kappa shape index (κ3) is 4.74. The summed E-state index contributed by atoms with van der Waals surface area (Å²) in [6, 6.07) is 27.6. The minimum atomic E-state index is -0.917. The second kappa shape index (κ2) is 10.1. The smallest absolute Gasteiger partial charge is 0.273 e.